The monoisotopic (exact) mass is 317 g/mol. The number of ether oxygens (including phenoxy) is 2. The topological polar surface area (TPSA) is 30.5 Å². The molecule has 0 amide bonds. The van der Waals surface area contributed by atoms with E-state index in [1.54, 1.807) is 7.11 Å². The largest absolute Gasteiger partial charge is 0.496 e. The second-order valence-electron chi connectivity index (χ2n) is 6.96. The second-order valence-corrected chi connectivity index (χ2v) is 6.96. The fourth-order valence-corrected chi connectivity index (χ4v) is 4.26. The molecule has 1 aromatic carbocycles. The van der Waals surface area contributed by atoms with Gasteiger partial charge in [-0.3, -0.25) is 0 Å². The van der Waals surface area contributed by atoms with E-state index in [4.69, 9.17) is 9.47 Å². The van der Waals surface area contributed by atoms with Gasteiger partial charge in [-0.05, 0) is 43.9 Å². The molecule has 0 saturated heterocycles. The lowest BCUT2D eigenvalue weighted by molar-refractivity contribution is -0.0227. The molecule has 23 heavy (non-hydrogen) atoms. The Kier molecular flexibility index (Phi) is 5.96. The van der Waals surface area contributed by atoms with Crippen LogP contribution in [0, 0.1) is 0 Å². The van der Waals surface area contributed by atoms with Crippen LogP contribution in [0.1, 0.15) is 68.9 Å². The van der Waals surface area contributed by atoms with Crippen molar-refractivity contribution in [2.75, 3.05) is 13.7 Å². The summed E-state index contributed by atoms with van der Waals surface area (Å²) in [7, 11) is 1.76. The molecule has 1 aliphatic heterocycles. The predicted octanol–water partition coefficient (Wildman–Crippen LogP) is 4.40. The van der Waals surface area contributed by atoms with Crippen LogP contribution in [-0.2, 0) is 11.3 Å². The molecule has 3 rings (SSSR count). The Balaban J connectivity index is 1.71. The number of benzene rings is 1. The molecule has 3 nitrogen and oxygen atoms in total. The molecule has 0 bridgehead atoms. The molecule has 2 aliphatic rings. The third-order valence-electron chi connectivity index (χ3n) is 5.46. The molecule has 1 aromatic rings. The Labute approximate surface area is 140 Å². The number of rotatable bonds is 7. The van der Waals surface area contributed by atoms with E-state index in [2.05, 4.69) is 30.4 Å². The molecule has 1 heterocycles. The van der Waals surface area contributed by atoms with Crippen LogP contribution in [0.2, 0.25) is 0 Å². The third-order valence-corrected chi connectivity index (χ3v) is 5.46. The molecule has 0 unspecified atom stereocenters. The highest BCUT2D eigenvalue weighted by molar-refractivity contribution is 5.44. The summed E-state index contributed by atoms with van der Waals surface area (Å²) in [6.45, 7) is 4.10. The lowest BCUT2D eigenvalue weighted by atomic mass is 9.74. The minimum Gasteiger partial charge on any atom is -0.496 e. The van der Waals surface area contributed by atoms with Gasteiger partial charge in [-0.2, -0.15) is 0 Å². The van der Waals surface area contributed by atoms with Gasteiger partial charge in [0.2, 0.25) is 0 Å². The minimum absolute atomic E-state index is 0.372. The smallest absolute Gasteiger partial charge is 0.124 e. The Morgan fingerprint density at radius 3 is 2.96 bits per heavy atom. The van der Waals surface area contributed by atoms with Crippen LogP contribution in [0.4, 0.5) is 0 Å². The van der Waals surface area contributed by atoms with Crippen molar-refractivity contribution in [2.45, 2.75) is 76.5 Å². The summed E-state index contributed by atoms with van der Waals surface area (Å²) in [6, 6.07) is 7.02. The van der Waals surface area contributed by atoms with Crippen molar-refractivity contribution in [3.05, 3.63) is 29.3 Å². The molecular weight excluding hydrogens is 286 g/mol. The molecule has 1 N–H and O–H groups in total. The Morgan fingerprint density at radius 2 is 2.13 bits per heavy atom. The van der Waals surface area contributed by atoms with E-state index in [1.165, 1.54) is 56.1 Å². The van der Waals surface area contributed by atoms with Crippen molar-refractivity contribution >= 4 is 0 Å². The van der Waals surface area contributed by atoms with Gasteiger partial charge >= 0.3 is 0 Å². The van der Waals surface area contributed by atoms with Gasteiger partial charge in [-0.15, -0.1) is 0 Å². The van der Waals surface area contributed by atoms with Gasteiger partial charge in [0.1, 0.15) is 5.75 Å². The second kappa shape index (κ2) is 8.16. The Bertz CT molecular complexity index is 502. The van der Waals surface area contributed by atoms with Gasteiger partial charge in [0.25, 0.3) is 0 Å². The first-order valence-electron chi connectivity index (χ1n) is 9.36. The fraction of sp³-hybridized carbons (Fsp3) is 0.700. The van der Waals surface area contributed by atoms with E-state index < -0.39 is 0 Å². The van der Waals surface area contributed by atoms with Gasteiger partial charge in [-0.25, -0.2) is 0 Å². The van der Waals surface area contributed by atoms with Crippen molar-refractivity contribution in [3.63, 3.8) is 0 Å². The van der Waals surface area contributed by atoms with Crippen molar-refractivity contribution < 1.29 is 9.47 Å². The fourth-order valence-electron chi connectivity index (χ4n) is 4.26. The van der Waals surface area contributed by atoms with Crippen molar-refractivity contribution in [3.8, 4) is 5.75 Å². The average Bonchev–Trinajstić information content (AvgIpc) is 2.60. The van der Waals surface area contributed by atoms with Gasteiger partial charge in [-0.1, -0.05) is 38.3 Å². The normalized spacial score (nSPS) is 26.4. The predicted molar refractivity (Wildman–Crippen MR) is 94.1 cm³/mol. The number of methoxy groups -OCH3 is 1. The number of nitrogens with one attached hydrogen (secondary N) is 1. The molecular formula is C20H31NO2. The Hall–Kier alpha value is -1.06. The molecule has 128 valence electrons. The number of unbranched alkanes of at least 4 members (excludes halogenated alkanes) is 3. The highest BCUT2D eigenvalue weighted by Crippen LogP contribution is 2.43. The van der Waals surface area contributed by atoms with E-state index in [0.29, 0.717) is 24.7 Å². The van der Waals surface area contributed by atoms with Crippen LogP contribution >= 0.6 is 0 Å². The number of fused-ring (bicyclic) bond motifs is 3. The van der Waals surface area contributed by atoms with Gasteiger partial charge in [0.05, 0.1) is 19.8 Å². The molecule has 1 fully saturated rings. The first kappa shape index (κ1) is 16.8. The van der Waals surface area contributed by atoms with Crippen LogP contribution < -0.4 is 10.1 Å². The summed E-state index contributed by atoms with van der Waals surface area (Å²) < 4.78 is 11.8. The van der Waals surface area contributed by atoms with Crippen LogP contribution in [0.25, 0.3) is 0 Å². The molecule has 0 aromatic heterocycles. The first-order chi connectivity index (χ1) is 11.3. The van der Waals surface area contributed by atoms with E-state index in [9.17, 15) is 0 Å². The van der Waals surface area contributed by atoms with Gasteiger partial charge < -0.3 is 14.8 Å². The minimum atomic E-state index is 0.372. The highest BCUT2D eigenvalue weighted by atomic mass is 16.5. The van der Waals surface area contributed by atoms with Crippen molar-refractivity contribution in [1.82, 2.24) is 5.32 Å². The van der Waals surface area contributed by atoms with E-state index >= 15 is 0 Å². The van der Waals surface area contributed by atoms with Crippen LogP contribution in [0.5, 0.6) is 5.75 Å². The summed E-state index contributed by atoms with van der Waals surface area (Å²) in [5.41, 5.74) is 2.71. The summed E-state index contributed by atoms with van der Waals surface area (Å²) in [5, 5.41) is 3.84. The van der Waals surface area contributed by atoms with Crippen LogP contribution in [0.15, 0.2) is 18.2 Å². The zero-order valence-electron chi connectivity index (χ0n) is 14.6. The van der Waals surface area contributed by atoms with E-state index in [-0.39, 0.29) is 0 Å². The third kappa shape index (κ3) is 3.72. The van der Waals surface area contributed by atoms with Gasteiger partial charge in [0.15, 0.2) is 0 Å². The molecule has 1 aliphatic carbocycles. The molecule has 3 heteroatoms. The maximum atomic E-state index is 6.21. The Morgan fingerprint density at radius 1 is 1.22 bits per heavy atom. The lowest BCUT2D eigenvalue weighted by Crippen LogP contribution is -2.46. The van der Waals surface area contributed by atoms with Crippen molar-refractivity contribution in [1.29, 1.82) is 0 Å². The summed E-state index contributed by atoms with van der Waals surface area (Å²) in [4.78, 5) is 0. The molecule has 1 saturated carbocycles. The molecule has 0 radical (unpaired) electrons. The SMILES string of the molecule is CCCCCCN[C@@H]1CCC[C@H]2OCc3c(OC)cccc3[C@@H]12. The average molecular weight is 317 g/mol. The first-order valence-corrected chi connectivity index (χ1v) is 9.36. The van der Waals surface area contributed by atoms with Crippen molar-refractivity contribution in [2.24, 2.45) is 0 Å². The van der Waals surface area contributed by atoms with E-state index in [1.807, 2.05) is 0 Å². The molecule has 0 spiro atoms. The number of hydrogen-bond donors (Lipinski definition) is 1. The maximum absolute atomic E-state index is 6.21. The van der Waals surface area contributed by atoms with Gasteiger partial charge in [0, 0.05) is 17.5 Å². The van der Waals surface area contributed by atoms with Crippen LogP contribution in [-0.4, -0.2) is 25.8 Å². The quantitative estimate of drug-likeness (QED) is 0.756. The summed E-state index contributed by atoms with van der Waals surface area (Å²) in [5.74, 6) is 1.46. The zero-order chi connectivity index (χ0) is 16.1. The number of hydrogen-bond acceptors (Lipinski definition) is 3. The highest BCUT2D eigenvalue weighted by Gasteiger charge is 2.39. The standard InChI is InChI=1S/C20H31NO2/c1-3-4-5-6-13-21-17-10-8-12-19-20(17)15-9-7-11-18(22-2)16(15)14-23-19/h7,9,11,17,19-21H,3-6,8,10,12-14H2,1-2H3/t17-,19-,20+/m1/s1. The zero-order valence-corrected chi connectivity index (χ0v) is 14.6. The van der Waals surface area contributed by atoms with Crippen LogP contribution in [0.3, 0.4) is 0 Å². The maximum Gasteiger partial charge on any atom is 0.124 e. The lowest BCUT2D eigenvalue weighted by Gasteiger charge is -2.43. The van der Waals surface area contributed by atoms with E-state index in [0.717, 1.165) is 12.3 Å². The summed E-state index contributed by atoms with van der Waals surface area (Å²) >= 11 is 0. The molecule has 3 atom stereocenters. The summed E-state index contributed by atoms with van der Waals surface area (Å²) in [6.07, 6.45) is 9.36.